The summed E-state index contributed by atoms with van der Waals surface area (Å²) in [7, 11) is 0. The van der Waals surface area contributed by atoms with Gasteiger partial charge in [0.25, 0.3) is 5.91 Å². The predicted molar refractivity (Wildman–Crippen MR) is 86.5 cm³/mol. The first-order valence-electron chi connectivity index (χ1n) is 7.43. The van der Waals surface area contributed by atoms with Gasteiger partial charge in [-0.3, -0.25) is 9.59 Å². The summed E-state index contributed by atoms with van der Waals surface area (Å²) < 4.78 is 1.50. The average molecular weight is 316 g/mol. The Kier molecular flexibility index (Phi) is 5.48. The molecule has 1 atom stereocenters. The molecule has 2 aromatic rings. The Morgan fingerprint density at radius 2 is 2.00 bits per heavy atom. The molecule has 7 nitrogen and oxygen atoms in total. The molecular weight excluding hydrogens is 296 g/mol. The molecule has 7 heteroatoms. The van der Waals surface area contributed by atoms with E-state index in [9.17, 15) is 14.7 Å². The van der Waals surface area contributed by atoms with Gasteiger partial charge in [0.05, 0.1) is 11.8 Å². The molecule has 0 radical (unpaired) electrons. The summed E-state index contributed by atoms with van der Waals surface area (Å²) in [6.07, 6.45) is -0.321. The number of carbonyl (C=O) groups excluding carboxylic acids is 2. The molecule has 0 spiro atoms. The number of nitrogens with zero attached hydrogens (tertiary/aromatic N) is 2. The summed E-state index contributed by atoms with van der Waals surface area (Å²) in [4.78, 5) is 23.8. The Bertz CT molecular complexity index is 680. The third-order valence-corrected chi connectivity index (χ3v) is 3.09. The Morgan fingerprint density at radius 1 is 1.30 bits per heavy atom. The van der Waals surface area contributed by atoms with E-state index in [2.05, 4.69) is 15.7 Å². The van der Waals surface area contributed by atoms with Gasteiger partial charge in [-0.1, -0.05) is 25.1 Å². The Balaban J connectivity index is 2.32. The van der Waals surface area contributed by atoms with Crippen LogP contribution in [0.1, 0.15) is 30.8 Å². The van der Waals surface area contributed by atoms with Crippen molar-refractivity contribution in [3.63, 3.8) is 0 Å². The molecule has 0 aliphatic rings. The minimum absolute atomic E-state index is 0.133. The van der Waals surface area contributed by atoms with Crippen molar-refractivity contribution in [3.05, 3.63) is 42.1 Å². The molecule has 1 aromatic carbocycles. The van der Waals surface area contributed by atoms with Crippen LogP contribution in [0.15, 0.2) is 36.4 Å². The number of rotatable bonds is 6. The lowest BCUT2D eigenvalue weighted by Gasteiger charge is -2.07. The second-order valence-corrected chi connectivity index (χ2v) is 5.12. The Morgan fingerprint density at radius 3 is 2.61 bits per heavy atom. The molecule has 1 aromatic heterocycles. The number of aromatic nitrogens is 2. The number of hydrogen-bond donors (Lipinski definition) is 3. The summed E-state index contributed by atoms with van der Waals surface area (Å²) in [5.41, 5.74) is 0.898. The molecule has 0 aliphatic carbocycles. The molecule has 0 bridgehead atoms. The van der Waals surface area contributed by atoms with Crippen LogP contribution < -0.4 is 10.6 Å². The van der Waals surface area contributed by atoms with Gasteiger partial charge < -0.3 is 15.7 Å². The number of aliphatic hydroxyl groups excluding tert-OH is 1. The van der Waals surface area contributed by atoms with E-state index < -0.39 is 12.0 Å². The van der Waals surface area contributed by atoms with E-state index in [-0.39, 0.29) is 18.1 Å². The minimum Gasteiger partial charge on any atom is -0.392 e. The largest absolute Gasteiger partial charge is 0.392 e. The molecule has 2 amide bonds. The predicted octanol–water partition coefficient (Wildman–Crippen LogP) is 1.33. The number of nitrogens with one attached hydrogen (secondary N) is 2. The summed E-state index contributed by atoms with van der Waals surface area (Å²) in [5, 5.41) is 18.8. The van der Waals surface area contributed by atoms with Gasteiger partial charge in [0.2, 0.25) is 5.91 Å². The molecular formula is C16H20N4O3. The number of hydrogen-bond acceptors (Lipinski definition) is 4. The second-order valence-electron chi connectivity index (χ2n) is 5.12. The van der Waals surface area contributed by atoms with Gasteiger partial charge in [0, 0.05) is 19.0 Å². The molecule has 0 saturated heterocycles. The number of carbonyl (C=O) groups is 2. The van der Waals surface area contributed by atoms with Crippen molar-refractivity contribution in [2.24, 2.45) is 0 Å². The average Bonchev–Trinajstić information content (AvgIpc) is 2.97. The van der Waals surface area contributed by atoms with Crippen LogP contribution in [0.3, 0.4) is 0 Å². The van der Waals surface area contributed by atoms with E-state index in [4.69, 9.17) is 0 Å². The van der Waals surface area contributed by atoms with Crippen LogP contribution in [0.5, 0.6) is 0 Å². The first kappa shape index (κ1) is 16.7. The lowest BCUT2D eigenvalue weighted by Crippen LogP contribution is -2.30. The molecule has 3 N–H and O–H groups in total. The van der Waals surface area contributed by atoms with E-state index in [1.165, 1.54) is 10.7 Å². The van der Waals surface area contributed by atoms with Crippen molar-refractivity contribution in [2.45, 2.75) is 26.4 Å². The highest BCUT2D eigenvalue weighted by Gasteiger charge is 2.16. The molecule has 0 saturated carbocycles. The zero-order valence-electron chi connectivity index (χ0n) is 13.1. The zero-order valence-corrected chi connectivity index (χ0v) is 13.1. The van der Waals surface area contributed by atoms with Crippen molar-refractivity contribution in [1.29, 1.82) is 0 Å². The monoisotopic (exact) mass is 316 g/mol. The van der Waals surface area contributed by atoms with Crippen LogP contribution in [0.4, 0.5) is 5.82 Å². The van der Waals surface area contributed by atoms with Crippen LogP contribution in [0.2, 0.25) is 0 Å². The molecule has 0 aliphatic heterocycles. The first-order chi connectivity index (χ1) is 11.0. The van der Waals surface area contributed by atoms with Crippen molar-refractivity contribution in [2.75, 3.05) is 11.9 Å². The van der Waals surface area contributed by atoms with Gasteiger partial charge >= 0.3 is 0 Å². The quantitative estimate of drug-likeness (QED) is 0.749. The van der Waals surface area contributed by atoms with Crippen molar-refractivity contribution < 1.29 is 14.7 Å². The van der Waals surface area contributed by atoms with E-state index in [1.807, 2.05) is 30.3 Å². The number of benzene rings is 1. The Labute approximate surface area is 134 Å². The molecule has 23 heavy (non-hydrogen) atoms. The molecule has 1 heterocycles. The van der Waals surface area contributed by atoms with Crippen LogP contribution in [0, 0.1) is 0 Å². The van der Waals surface area contributed by atoms with Gasteiger partial charge in [-0.25, -0.2) is 4.68 Å². The maximum absolute atomic E-state index is 12.1. The highest BCUT2D eigenvalue weighted by molar-refractivity contribution is 5.95. The molecule has 122 valence electrons. The fourth-order valence-electron chi connectivity index (χ4n) is 1.91. The summed E-state index contributed by atoms with van der Waals surface area (Å²) in [5.74, 6) is -0.157. The summed E-state index contributed by atoms with van der Waals surface area (Å²) >= 11 is 0. The van der Waals surface area contributed by atoms with Gasteiger partial charge in [0.15, 0.2) is 5.69 Å². The third kappa shape index (κ3) is 4.40. The van der Waals surface area contributed by atoms with Gasteiger partial charge in [-0.2, -0.15) is 5.10 Å². The highest BCUT2D eigenvalue weighted by atomic mass is 16.3. The van der Waals surface area contributed by atoms with Crippen molar-refractivity contribution in [1.82, 2.24) is 15.1 Å². The maximum atomic E-state index is 12.1. The standard InChI is InChI=1S/C16H20N4O3/c1-3-15(22)18-14-9-13(16(23)17-10-11(2)21)19-20(14)12-7-5-4-6-8-12/h4-9,11,21H,3,10H2,1-2H3,(H,17,23)(H,18,22). The van der Waals surface area contributed by atoms with Gasteiger partial charge in [-0.15, -0.1) is 0 Å². The number of amides is 2. The highest BCUT2D eigenvalue weighted by Crippen LogP contribution is 2.17. The fourth-order valence-corrected chi connectivity index (χ4v) is 1.91. The molecule has 2 rings (SSSR count). The second kappa shape index (κ2) is 7.55. The SMILES string of the molecule is CCC(=O)Nc1cc(C(=O)NCC(C)O)nn1-c1ccccc1. The van der Waals surface area contributed by atoms with Gasteiger partial charge in [0.1, 0.15) is 5.82 Å². The van der Waals surface area contributed by atoms with Gasteiger partial charge in [-0.05, 0) is 19.1 Å². The van der Waals surface area contributed by atoms with Crippen molar-refractivity contribution in [3.8, 4) is 5.69 Å². The number of para-hydroxylation sites is 1. The fraction of sp³-hybridized carbons (Fsp3) is 0.312. The number of anilines is 1. The molecule has 1 unspecified atom stereocenters. The van der Waals surface area contributed by atoms with E-state index in [0.29, 0.717) is 12.2 Å². The Hall–Kier alpha value is -2.67. The number of aliphatic hydroxyl groups is 1. The zero-order chi connectivity index (χ0) is 16.8. The summed E-state index contributed by atoms with van der Waals surface area (Å²) in [6, 6.07) is 10.7. The van der Waals surface area contributed by atoms with Crippen LogP contribution in [0.25, 0.3) is 5.69 Å². The third-order valence-electron chi connectivity index (χ3n) is 3.09. The lowest BCUT2D eigenvalue weighted by atomic mass is 10.3. The van der Waals surface area contributed by atoms with Crippen molar-refractivity contribution >= 4 is 17.6 Å². The first-order valence-corrected chi connectivity index (χ1v) is 7.43. The van der Waals surface area contributed by atoms with E-state index in [0.717, 1.165) is 5.69 Å². The topological polar surface area (TPSA) is 96.2 Å². The minimum atomic E-state index is -0.644. The summed E-state index contributed by atoms with van der Waals surface area (Å²) in [6.45, 7) is 3.46. The van der Waals surface area contributed by atoms with E-state index >= 15 is 0 Å². The normalized spacial score (nSPS) is 11.8. The smallest absolute Gasteiger partial charge is 0.271 e. The van der Waals surface area contributed by atoms with Crippen LogP contribution in [-0.4, -0.2) is 39.4 Å². The van der Waals surface area contributed by atoms with Crippen LogP contribution in [-0.2, 0) is 4.79 Å². The maximum Gasteiger partial charge on any atom is 0.271 e. The van der Waals surface area contributed by atoms with E-state index in [1.54, 1.807) is 13.8 Å². The lowest BCUT2D eigenvalue weighted by molar-refractivity contribution is -0.115. The molecule has 0 fully saturated rings. The van der Waals surface area contributed by atoms with Crippen LogP contribution >= 0.6 is 0 Å².